The van der Waals surface area contributed by atoms with Gasteiger partial charge in [0.2, 0.25) is 5.88 Å². The van der Waals surface area contributed by atoms with Crippen LogP contribution in [-0.4, -0.2) is 40.8 Å². The average molecular weight is 464 g/mol. The van der Waals surface area contributed by atoms with E-state index in [-0.39, 0.29) is 18.1 Å². The maximum atomic E-state index is 12.9. The first-order valence-corrected chi connectivity index (χ1v) is 11.2. The fourth-order valence-corrected chi connectivity index (χ4v) is 4.03. The van der Waals surface area contributed by atoms with Crippen molar-refractivity contribution in [2.24, 2.45) is 0 Å². The molecule has 5 rings (SSSR count). The number of carbonyl (C=O) groups excluding carboxylic acids is 1. The number of halogens is 1. The molecule has 1 N–H and O–H groups in total. The van der Waals surface area contributed by atoms with Crippen molar-refractivity contribution in [3.05, 3.63) is 59.1 Å². The second kappa shape index (κ2) is 9.07. The third kappa shape index (κ3) is 4.21. The van der Waals surface area contributed by atoms with Gasteiger partial charge in [-0.2, -0.15) is 0 Å². The molecule has 1 aliphatic heterocycles. The number of para-hydroxylation sites is 2. The van der Waals surface area contributed by atoms with Gasteiger partial charge in [0.05, 0.1) is 17.6 Å². The zero-order valence-corrected chi connectivity index (χ0v) is 18.8. The Morgan fingerprint density at radius 1 is 1.09 bits per heavy atom. The molecule has 0 atom stereocenters. The SMILES string of the molecule is CCOC(=O)c1c(-c2ccc(Cl)cc2)noc1Nc1nc2ccccc2nc1N1CCCC1. The Balaban J connectivity index is 1.61. The number of nitrogens with one attached hydrogen (secondary N) is 1. The lowest BCUT2D eigenvalue weighted by atomic mass is 10.1. The number of benzene rings is 2. The molecule has 2 aromatic carbocycles. The molecule has 0 bridgehead atoms. The van der Waals surface area contributed by atoms with Crippen molar-refractivity contribution < 1.29 is 14.1 Å². The lowest BCUT2D eigenvalue weighted by molar-refractivity contribution is 0.0528. The van der Waals surface area contributed by atoms with Crippen molar-refractivity contribution >= 4 is 46.1 Å². The van der Waals surface area contributed by atoms with Crippen LogP contribution in [0.2, 0.25) is 5.02 Å². The Bertz CT molecular complexity index is 1300. The quantitative estimate of drug-likeness (QED) is 0.377. The van der Waals surface area contributed by atoms with E-state index in [9.17, 15) is 4.79 Å². The lowest BCUT2D eigenvalue weighted by Gasteiger charge is -2.20. The summed E-state index contributed by atoms with van der Waals surface area (Å²) < 4.78 is 10.9. The molecule has 168 valence electrons. The van der Waals surface area contributed by atoms with Crippen molar-refractivity contribution in [2.75, 3.05) is 29.9 Å². The van der Waals surface area contributed by atoms with Gasteiger partial charge in [-0.05, 0) is 44.0 Å². The van der Waals surface area contributed by atoms with E-state index >= 15 is 0 Å². The summed E-state index contributed by atoms with van der Waals surface area (Å²) in [4.78, 5) is 24.7. The number of anilines is 3. The summed E-state index contributed by atoms with van der Waals surface area (Å²) in [5, 5.41) is 7.92. The van der Waals surface area contributed by atoms with Crippen LogP contribution in [0.5, 0.6) is 0 Å². The Labute approximate surface area is 195 Å². The summed E-state index contributed by atoms with van der Waals surface area (Å²) in [5.74, 6) is 0.830. The highest BCUT2D eigenvalue weighted by molar-refractivity contribution is 6.30. The van der Waals surface area contributed by atoms with E-state index in [4.69, 9.17) is 30.8 Å². The summed E-state index contributed by atoms with van der Waals surface area (Å²) in [7, 11) is 0. The van der Waals surface area contributed by atoms with Gasteiger partial charge in [0.15, 0.2) is 17.2 Å². The minimum absolute atomic E-state index is 0.156. The molecule has 0 saturated carbocycles. The molecular weight excluding hydrogens is 442 g/mol. The Morgan fingerprint density at radius 3 is 2.48 bits per heavy atom. The molecule has 3 heterocycles. The van der Waals surface area contributed by atoms with Gasteiger partial charge in [-0.15, -0.1) is 0 Å². The van der Waals surface area contributed by atoms with Crippen LogP contribution in [-0.2, 0) is 4.74 Å². The molecule has 33 heavy (non-hydrogen) atoms. The van der Waals surface area contributed by atoms with E-state index in [1.807, 2.05) is 24.3 Å². The first-order chi connectivity index (χ1) is 16.1. The van der Waals surface area contributed by atoms with Crippen LogP contribution in [0, 0.1) is 0 Å². The molecule has 1 saturated heterocycles. The second-order valence-electron chi connectivity index (χ2n) is 7.67. The van der Waals surface area contributed by atoms with E-state index in [1.165, 1.54) is 0 Å². The standard InChI is InChI=1S/C24H22ClN5O3/c1-2-32-24(31)19-20(15-9-11-16(25)12-10-15)29-33-23(19)28-21-22(30-13-5-6-14-30)27-18-8-4-3-7-17(18)26-21/h3-4,7-12H,2,5-6,13-14H2,1H3,(H,26,28). The Kier molecular flexibility index (Phi) is 5.83. The third-order valence-corrected chi connectivity index (χ3v) is 5.73. The number of esters is 1. The number of nitrogens with zero attached hydrogens (tertiary/aromatic N) is 4. The van der Waals surface area contributed by atoms with Crippen molar-refractivity contribution in [2.45, 2.75) is 19.8 Å². The summed E-state index contributed by atoms with van der Waals surface area (Å²) in [6.45, 7) is 3.75. The van der Waals surface area contributed by atoms with E-state index in [1.54, 1.807) is 31.2 Å². The molecule has 0 radical (unpaired) electrons. The fourth-order valence-electron chi connectivity index (χ4n) is 3.90. The van der Waals surface area contributed by atoms with Gasteiger partial charge in [-0.1, -0.05) is 41.0 Å². The minimum atomic E-state index is -0.539. The molecule has 9 heteroatoms. The minimum Gasteiger partial charge on any atom is -0.462 e. The first kappa shape index (κ1) is 21.2. The highest BCUT2D eigenvalue weighted by atomic mass is 35.5. The molecule has 1 fully saturated rings. The summed E-state index contributed by atoms with van der Waals surface area (Å²) in [6.07, 6.45) is 2.18. The topological polar surface area (TPSA) is 93.4 Å². The van der Waals surface area contributed by atoms with Crippen LogP contribution in [0.25, 0.3) is 22.3 Å². The molecule has 8 nitrogen and oxygen atoms in total. The Hall–Kier alpha value is -3.65. The number of fused-ring (bicyclic) bond motifs is 1. The van der Waals surface area contributed by atoms with Crippen LogP contribution >= 0.6 is 11.6 Å². The van der Waals surface area contributed by atoms with Gasteiger partial charge < -0.3 is 19.5 Å². The largest absolute Gasteiger partial charge is 0.462 e. The lowest BCUT2D eigenvalue weighted by Crippen LogP contribution is -2.21. The highest BCUT2D eigenvalue weighted by Gasteiger charge is 2.28. The van der Waals surface area contributed by atoms with E-state index in [0.717, 1.165) is 37.0 Å². The molecular formula is C24H22ClN5O3. The number of rotatable bonds is 6. The van der Waals surface area contributed by atoms with Crippen molar-refractivity contribution in [1.82, 2.24) is 15.1 Å². The summed E-state index contributed by atoms with van der Waals surface area (Å²) >= 11 is 6.02. The van der Waals surface area contributed by atoms with Crippen molar-refractivity contribution in [3.63, 3.8) is 0 Å². The highest BCUT2D eigenvalue weighted by Crippen LogP contribution is 2.35. The Morgan fingerprint density at radius 2 is 1.79 bits per heavy atom. The van der Waals surface area contributed by atoms with Gasteiger partial charge in [0.1, 0.15) is 5.69 Å². The predicted molar refractivity (Wildman–Crippen MR) is 127 cm³/mol. The van der Waals surface area contributed by atoms with Crippen molar-refractivity contribution in [3.8, 4) is 11.3 Å². The fraction of sp³-hybridized carbons (Fsp3) is 0.250. The van der Waals surface area contributed by atoms with E-state index < -0.39 is 5.97 Å². The molecule has 0 aliphatic carbocycles. The van der Waals surface area contributed by atoms with Crippen LogP contribution in [0.1, 0.15) is 30.1 Å². The third-order valence-electron chi connectivity index (χ3n) is 5.48. The van der Waals surface area contributed by atoms with E-state index in [0.29, 0.717) is 27.9 Å². The normalized spacial score (nSPS) is 13.5. The maximum absolute atomic E-state index is 12.9. The van der Waals surface area contributed by atoms with Crippen LogP contribution in [0.15, 0.2) is 53.1 Å². The summed E-state index contributed by atoms with van der Waals surface area (Å²) in [5.41, 5.74) is 2.78. The molecule has 2 aromatic heterocycles. The molecule has 4 aromatic rings. The maximum Gasteiger partial charge on any atom is 0.346 e. The zero-order chi connectivity index (χ0) is 22.8. The molecule has 0 unspecified atom stereocenters. The zero-order valence-electron chi connectivity index (χ0n) is 18.0. The van der Waals surface area contributed by atoms with Crippen LogP contribution in [0.4, 0.5) is 17.5 Å². The number of ether oxygens (including phenoxy) is 1. The number of hydrogen-bond donors (Lipinski definition) is 1. The molecule has 0 spiro atoms. The second-order valence-corrected chi connectivity index (χ2v) is 8.10. The average Bonchev–Trinajstić information content (AvgIpc) is 3.50. The van der Waals surface area contributed by atoms with Crippen molar-refractivity contribution in [1.29, 1.82) is 0 Å². The predicted octanol–water partition coefficient (Wildman–Crippen LogP) is 5.46. The van der Waals surface area contributed by atoms with Crippen LogP contribution < -0.4 is 10.2 Å². The first-order valence-electron chi connectivity index (χ1n) is 10.9. The molecule has 0 amide bonds. The number of aromatic nitrogens is 3. The van der Waals surface area contributed by atoms with Crippen LogP contribution in [0.3, 0.4) is 0 Å². The monoisotopic (exact) mass is 463 g/mol. The smallest absolute Gasteiger partial charge is 0.346 e. The van der Waals surface area contributed by atoms with Gasteiger partial charge in [0.25, 0.3) is 0 Å². The van der Waals surface area contributed by atoms with Gasteiger partial charge in [-0.25, -0.2) is 14.8 Å². The number of hydrogen-bond acceptors (Lipinski definition) is 8. The van der Waals surface area contributed by atoms with Gasteiger partial charge in [-0.3, -0.25) is 0 Å². The summed E-state index contributed by atoms with van der Waals surface area (Å²) in [6, 6.07) is 14.7. The van der Waals surface area contributed by atoms with E-state index in [2.05, 4.69) is 15.4 Å². The van der Waals surface area contributed by atoms with Gasteiger partial charge in [0, 0.05) is 23.7 Å². The number of carbonyl (C=O) groups is 1. The molecule has 1 aliphatic rings. The van der Waals surface area contributed by atoms with Gasteiger partial charge >= 0.3 is 5.97 Å².